The molecule has 0 spiro atoms. The number of hydrogen-bond acceptors (Lipinski definition) is 3. The molecular weight excluding hydrogens is 456 g/mol. The van der Waals surface area contributed by atoms with Gasteiger partial charge in [-0.05, 0) is 35.9 Å². The number of fused-ring (bicyclic) bond motifs is 1. The number of aromatic nitrogens is 1. The minimum absolute atomic E-state index is 0.152. The Morgan fingerprint density at radius 1 is 0.914 bits per heavy atom. The van der Waals surface area contributed by atoms with Crippen molar-refractivity contribution in [1.82, 2.24) is 9.47 Å². The average Bonchev–Trinajstić information content (AvgIpc) is 3.26. The number of carbonyl (C=O) groups excluding carboxylic acids is 1. The minimum Gasteiger partial charge on any atom is -0.368 e. The van der Waals surface area contributed by atoms with Crippen LogP contribution < -0.4 is 4.90 Å². The quantitative estimate of drug-likeness (QED) is 0.276. The van der Waals surface area contributed by atoms with E-state index >= 15 is 0 Å². The zero-order chi connectivity index (χ0) is 24.2. The summed E-state index contributed by atoms with van der Waals surface area (Å²) in [4.78, 5) is 17.3. The van der Waals surface area contributed by atoms with E-state index in [4.69, 9.17) is 11.6 Å². The highest BCUT2D eigenvalue weighted by Gasteiger charge is 2.24. The lowest BCUT2D eigenvalue weighted by molar-refractivity contribution is -0.126. The van der Waals surface area contributed by atoms with Gasteiger partial charge < -0.3 is 14.4 Å². The molecule has 1 aliphatic heterocycles. The summed E-state index contributed by atoms with van der Waals surface area (Å²) in [5.41, 5.74) is 4.19. The summed E-state index contributed by atoms with van der Waals surface area (Å²) in [5, 5.41) is 11.6. The highest BCUT2D eigenvalue weighted by atomic mass is 35.5. The summed E-state index contributed by atoms with van der Waals surface area (Å²) in [5.74, 6) is -0.219. The van der Waals surface area contributed by atoms with Crippen molar-refractivity contribution in [3.63, 3.8) is 0 Å². The van der Waals surface area contributed by atoms with Gasteiger partial charge in [-0.3, -0.25) is 4.79 Å². The Balaban J connectivity index is 1.38. The molecule has 3 aromatic carbocycles. The molecule has 4 aromatic rings. The normalized spacial score (nSPS) is 14.2. The van der Waals surface area contributed by atoms with Crippen molar-refractivity contribution in [2.75, 3.05) is 31.1 Å². The van der Waals surface area contributed by atoms with Crippen molar-refractivity contribution < 1.29 is 4.79 Å². The summed E-state index contributed by atoms with van der Waals surface area (Å²) in [7, 11) is 0. The van der Waals surface area contributed by atoms with E-state index in [2.05, 4.69) is 27.7 Å². The van der Waals surface area contributed by atoms with Gasteiger partial charge >= 0.3 is 0 Å². The Morgan fingerprint density at radius 2 is 1.60 bits per heavy atom. The molecule has 174 valence electrons. The van der Waals surface area contributed by atoms with Gasteiger partial charge in [-0.1, -0.05) is 66.2 Å². The lowest BCUT2D eigenvalue weighted by Crippen LogP contribution is -2.49. The first kappa shape index (κ1) is 22.8. The van der Waals surface area contributed by atoms with Gasteiger partial charge in [0.2, 0.25) is 0 Å². The largest absolute Gasteiger partial charge is 0.368 e. The van der Waals surface area contributed by atoms with Crippen molar-refractivity contribution in [1.29, 1.82) is 5.26 Å². The van der Waals surface area contributed by atoms with Gasteiger partial charge in [0.1, 0.15) is 11.6 Å². The van der Waals surface area contributed by atoms with E-state index in [1.807, 2.05) is 72.9 Å². The van der Waals surface area contributed by atoms with E-state index in [1.165, 1.54) is 0 Å². The summed E-state index contributed by atoms with van der Waals surface area (Å²) in [6, 6.07) is 28.1. The molecule has 1 saturated heterocycles. The Labute approximate surface area is 210 Å². The summed E-state index contributed by atoms with van der Waals surface area (Å²) in [6.07, 6.45) is 3.71. The van der Waals surface area contributed by atoms with Crippen LogP contribution in [0.15, 0.2) is 90.6 Å². The number of nitrogens with zero attached hydrogens (tertiary/aromatic N) is 4. The maximum absolute atomic E-state index is 13.2. The molecule has 0 atom stereocenters. The predicted octanol–water partition coefficient (Wildman–Crippen LogP) is 5.60. The van der Waals surface area contributed by atoms with Crippen LogP contribution >= 0.6 is 11.6 Å². The Bertz CT molecular complexity index is 1430. The van der Waals surface area contributed by atoms with Crippen LogP contribution in [0.2, 0.25) is 5.02 Å². The zero-order valence-electron chi connectivity index (χ0n) is 19.3. The minimum atomic E-state index is -0.219. The molecule has 0 unspecified atom stereocenters. The van der Waals surface area contributed by atoms with E-state index in [1.54, 1.807) is 11.0 Å². The van der Waals surface area contributed by atoms with Crippen LogP contribution in [-0.4, -0.2) is 41.6 Å². The van der Waals surface area contributed by atoms with Crippen molar-refractivity contribution in [2.24, 2.45) is 0 Å². The number of anilines is 1. The molecule has 1 aromatic heterocycles. The van der Waals surface area contributed by atoms with Crippen LogP contribution in [0.3, 0.4) is 0 Å². The fourth-order valence-electron chi connectivity index (χ4n) is 4.61. The molecule has 5 nitrogen and oxygen atoms in total. The fourth-order valence-corrected chi connectivity index (χ4v) is 4.80. The molecule has 0 aliphatic carbocycles. The third kappa shape index (κ3) is 4.80. The van der Waals surface area contributed by atoms with E-state index in [0.29, 0.717) is 24.7 Å². The molecule has 1 fully saturated rings. The van der Waals surface area contributed by atoms with Crippen LogP contribution in [0.4, 0.5) is 5.69 Å². The van der Waals surface area contributed by atoms with Gasteiger partial charge in [0.15, 0.2) is 0 Å². The summed E-state index contributed by atoms with van der Waals surface area (Å²) < 4.78 is 2.11. The number of piperazine rings is 1. The average molecular weight is 481 g/mol. The first-order valence-electron chi connectivity index (χ1n) is 11.7. The first-order chi connectivity index (χ1) is 17.1. The highest BCUT2D eigenvalue weighted by Crippen LogP contribution is 2.27. The molecule has 0 N–H and O–H groups in total. The third-order valence-electron chi connectivity index (χ3n) is 6.46. The molecule has 1 amide bonds. The topological polar surface area (TPSA) is 52.3 Å². The molecule has 35 heavy (non-hydrogen) atoms. The second kappa shape index (κ2) is 10.1. The van der Waals surface area contributed by atoms with Crippen LogP contribution in [0.5, 0.6) is 0 Å². The molecular formula is C29H25ClN4O. The van der Waals surface area contributed by atoms with Gasteiger partial charge in [0.25, 0.3) is 5.91 Å². The van der Waals surface area contributed by atoms with Crippen LogP contribution in [0.25, 0.3) is 17.0 Å². The first-order valence-corrected chi connectivity index (χ1v) is 12.0. The molecule has 0 radical (unpaired) electrons. The van der Waals surface area contributed by atoms with Gasteiger partial charge in [-0.2, -0.15) is 5.26 Å². The van der Waals surface area contributed by atoms with Gasteiger partial charge in [0, 0.05) is 66.1 Å². The van der Waals surface area contributed by atoms with Crippen molar-refractivity contribution >= 4 is 40.2 Å². The van der Waals surface area contributed by atoms with E-state index in [0.717, 1.165) is 40.8 Å². The predicted molar refractivity (Wildman–Crippen MR) is 141 cm³/mol. The van der Waals surface area contributed by atoms with Crippen LogP contribution in [0, 0.1) is 11.3 Å². The maximum Gasteiger partial charge on any atom is 0.264 e. The second-order valence-corrected chi connectivity index (χ2v) is 9.01. The third-order valence-corrected chi connectivity index (χ3v) is 6.83. The van der Waals surface area contributed by atoms with Crippen molar-refractivity contribution in [2.45, 2.75) is 6.54 Å². The monoisotopic (exact) mass is 480 g/mol. The molecule has 6 heteroatoms. The molecule has 0 bridgehead atoms. The number of nitriles is 1. The highest BCUT2D eigenvalue weighted by molar-refractivity contribution is 6.31. The fraction of sp³-hybridized carbons (Fsp3) is 0.172. The Kier molecular flexibility index (Phi) is 6.56. The molecule has 2 heterocycles. The number of hydrogen-bond donors (Lipinski definition) is 0. The summed E-state index contributed by atoms with van der Waals surface area (Å²) >= 11 is 6.39. The number of amides is 1. The van der Waals surface area contributed by atoms with E-state index in [-0.39, 0.29) is 11.5 Å². The van der Waals surface area contributed by atoms with Crippen LogP contribution in [-0.2, 0) is 11.3 Å². The smallest absolute Gasteiger partial charge is 0.264 e. The van der Waals surface area contributed by atoms with Crippen molar-refractivity contribution in [3.05, 3.63) is 107 Å². The molecule has 5 rings (SSSR count). The SMILES string of the molecule is N#CC(=Cc1cn(Cc2ccccc2Cl)c2ccccc12)C(=O)N1CCN(c2ccccc2)CC1. The second-order valence-electron chi connectivity index (χ2n) is 8.61. The van der Waals surface area contributed by atoms with Gasteiger partial charge in [-0.15, -0.1) is 0 Å². The number of para-hydroxylation sites is 2. The van der Waals surface area contributed by atoms with Crippen molar-refractivity contribution in [3.8, 4) is 6.07 Å². The Hall–Kier alpha value is -4.01. The lowest BCUT2D eigenvalue weighted by atomic mass is 10.1. The standard InChI is InChI=1S/C29H25ClN4O/c30-27-12-6-4-8-22(27)20-34-21-24(26-11-5-7-13-28(26)34)18-23(19-31)29(35)33-16-14-32(15-17-33)25-9-2-1-3-10-25/h1-13,18,21H,14-17,20H2. The summed E-state index contributed by atoms with van der Waals surface area (Å²) in [6.45, 7) is 3.25. The zero-order valence-corrected chi connectivity index (χ0v) is 20.0. The number of benzene rings is 3. The molecule has 1 aliphatic rings. The van der Waals surface area contributed by atoms with E-state index < -0.39 is 0 Å². The number of halogens is 1. The maximum atomic E-state index is 13.2. The van der Waals surface area contributed by atoms with E-state index in [9.17, 15) is 10.1 Å². The van der Waals surface area contributed by atoms with Gasteiger partial charge in [-0.25, -0.2) is 0 Å². The molecule has 0 saturated carbocycles. The van der Waals surface area contributed by atoms with Crippen LogP contribution in [0.1, 0.15) is 11.1 Å². The van der Waals surface area contributed by atoms with Gasteiger partial charge in [0.05, 0.1) is 0 Å². The Morgan fingerprint density at radius 3 is 2.34 bits per heavy atom. The number of rotatable bonds is 5. The number of carbonyl (C=O) groups is 1. The lowest BCUT2D eigenvalue weighted by Gasteiger charge is -2.36.